The van der Waals surface area contributed by atoms with Gasteiger partial charge in [0.25, 0.3) is 0 Å². The monoisotopic (exact) mass is 288 g/mol. The van der Waals surface area contributed by atoms with Crippen molar-refractivity contribution in [3.05, 3.63) is 0 Å². The quantitative estimate of drug-likeness (QED) is 0.636. The van der Waals surface area contributed by atoms with Gasteiger partial charge < -0.3 is 20.5 Å². The van der Waals surface area contributed by atoms with Crippen molar-refractivity contribution >= 4 is 12.0 Å². The largest absolute Gasteiger partial charge is 0.481 e. The number of hydrogen-bond acceptors (Lipinski definition) is 3. The Balaban J connectivity index is 4.27. The Morgan fingerprint density at radius 1 is 1.30 bits per heavy atom. The van der Waals surface area contributed by atoms with Crippen molar-refractivity contribution < 1.29 is 19.4 Å². The lowest BCUT2D eigenvalue weighted by Gasteiger charge is -2.24. The molecule has 0 fully saturated rings. The number of methoxy groups -OCH3 is 1. The predicted molar refractivity (Wildman–Crippen MR) is 77.7 cm³/mol. The van der Waals surface area contributed by atoms with Gasteiger partial charge in [-0.1, -0.05) is 27.7 Å². The average molecular weight is 288 g/mol. The molecular formula is C14H28N2O4. The van der Waals surface area contributed by atoms with E-state index >= 15 is 0 Å². The van der Waals surface area contributed by atoms with E-state index in [1.807, 2.05) is 27.7 Å². The lowest BCUT2D eigenvalue weighted by molar-refractivity contribution is -0.142. The molecule has 0 saturated carbocycles. The van der Waals surface area contributed by atoms with E-state index in [1.54, 1.807) is 7.11 Å². The highest BCUT2D eigenvalue weighted by atomic mass is 16.5. The molecule has 20 heavy (non-hydrogen) atoms. The summed E-state index contributed by atoms with van der Waals surface area (Å²) in [5.74, 6) is -1.47. The van der Waals surface area contributed by atoms with Crippen molar-refractivity contribution in [2.24, 2.45) is 11.3 Å². The molecule has 0 rings (SSSR count). The molecule has 0 aliphatic rings. The highest BCUT2D eigenvalue weighted by molar-refractivity contribution is 5.76. The molecule has 0 heterocycles. The lowest BCUT2D eigenvalue weighted by Crippen LogP contribution is -2.46. The smallest absolute Gasteiger partial charge is 0.315 e. The first-order chi connectivity index (χ1) is 9.19. The highest BCUT2D eigenvalue weighted by Crippen LogP contribution is 2.24. The highest BCUT2D eigenvalue weighted by Gasteiger charge is 2.25. The fraction of sp³-hybridized carbons (Fsp3) is 0.857. The topological polar surface area (TPSA) is 87.7 Å². The van der Waals surface area contributed by atoms with Gasteiger partial charge in [-0.15, -0.1) is 0 Å². The number of rotatable bonds is 8. The van der Waals surface area contributed by atoms with Crippen LogP contribution in [-0.2, 0) is 9.53 Å². The van der Waals surface area contributed by atoms with Crippen LogP contribution in [0.3, 0.4) is 0 Å². The van der Waals surface area contributed by atoms with Gasteiger partial charge in [-0.3, -0.25) is 4.79 Å². The molecule has 0 aromatic rings. The van der Waals surface area contributed by atoms with Gasteiger partial charge in [0.2, 0.25) is 0 Å². The van der Waals surface area contributed by atoms with E-state index in [2.05, 4.69) is 10.6 Å². The number of urea groups is 1. The van der Waals surface area contributed by atoms with Crippen LogP contribution in [0.25, 0.3) is 0 Å². The number of aliphatic carboxylic acids is 1. The number of hydrogen-bond donors (Lipinski definition) is 3. The number of nitrogens with one attached hydrogen (secondary N) is 2. The van der Waals surface area contributed by atoms with Crippen molar-refractivity contribution in [3.63, 3.8) is 0 Å². The zero-order chi connectivity index (χ0) is 15.8. The molecule has 3 N–H and O–H groups in total. The fourth-order valence-electron chi connectivity index (χ4n) is 1.90. The zero-order valence-electron chi connectivity index (χ0n) is 13.2. The van der Waals surface area contributed by atoms with E-state index in [1.165, 1.54) is 0 Å². The maximum absolute atomic E-state index is 11.7. The van der Waals surface area contributed by atoms with Gasteiger partial charge in [-0.25, -0.2) is 4.79 Å². The second kappa shape index (κ2) is 8.79. The zero-order valence-corrected chi connectivity index (χ0v) is 13.2. The van der Waals surface area contributed by atoms with Crippen LogP contribution in [-0.4, -0.2) is 43.4 Å². The van der Waals surface area contributed by atoms with Crippen LogP contribution in [0.2, 0.25) is 0 Å². The summed E-state index contributed by atoms with van der Waals surface area (Å²) in [5, 5.41) is 14.6. The predicted octanol–water partition coefficient (Wildman–Crippen LogP) is 1.85. The van der Waals surface area contributed by atoms with E-state index in [4.69, 9.17) is 4.74 Å². The van der Waals surface area contributed by atoms with Crippen molar-refractivity contribution in [3.8, 4) is 0 Å². The maximum atomic E-state index is 11.7. The minimum atomic E-state index is -0.885. The summed E-state index contributed by atoms with van der Waals surface area (Å²) in [6, 6.07) is -0.417. The summed E-state index contributed by atoms with van der Waals surface area (Å²) in [7, 11) is 1.58. The van der Waals surface area contributed by atoms with E-state index in [0.717, 1.165) is 6.42 Å². The van der Waals surface area contributed by atoms with E-state index in [-0.39, 0.29) is 24.0 Å². The van der Waals surface area contributed by atoms with Gasteiger partial charge in [0.15, 0.2) is 0 Å². The van der Waals surface area contributed by atoms with Crippen molar-refractivity contribution in [1.29, 1.82) is 0 Å². The Morgan fingerprint density at radius 2 is 1.90 bits per heavy atom. The third kappa shape index (κ3) is 8.74. The minimum absolute atomic E-state index is 0.0640. The molecule has 6 nitrogen and oxygen atoms in total. The first-order valence-corrected chi connectivity index (χ1v) is 6.95. The summed E-state index contributed by atoms with van der Waals surface area (Å²) in [4.78, 5) is 22.9. The molecule has 0 saturated heterocycles. The third-order valence-electron chi connectivity index (χ3n) is 2.91. The van der Waals surface area contributed by atoms with E-state index < -0.39 is 11.9 Å². The van der Waals surface area contributed by atoms with Crippen LogP contribution in [0.15, 0.2) is 0 Å². The lowest BCUT2D eigenvalue weighted by atomic mass is 9.84. The van der Waals surface area contributed by atoms with Crippen LogP contribution in [0.1, 0.15) is 40.5 Å². The normalized spacial score (nSPS) is 14.4. The number of amides is 2. The molecule has 0 aromatic heterocycles. The van der Waals surface area contributed by atoms with Crippen LogP contribution in [0.5, 0.6) is 0 Å². The average Bonchev–Trinajstić information content (AvgIpc) is 2.32. The Kier molecular flexibility index (Phi) is 8.22. The Labute approximate surface area is 121 Å². The first-order valence-electron chi connectivity index (χ1n) is 6.95. The molecule has 2 unspecified atom stereocenters. The Bertz CT molecular complexity index is 313. The summed E-state index contributed by atoms with van der Waals surface area (Å²) < 4.78 is 4.99. The van der Waals surface area contributed by atoms with Crippen LogP contribution in [0, 0.1) is 11.3 Å². The van der Waals surface area contributed by atoms with Crippen molar-refractivity contribution in [2.75, 3.05) is 20.3 Å². The van der Waals surface area contributed by atoms with Gasteiger partial charge in [-0.05, 0) is 18.3 Å². The standard InChI is InChI=1S/C14H28N2O4/c1-6-11(9-20-5)16-13(19)15-8-10(12(17)18)7-14(2,3)4/h10-11H,6-9H2,1-5H3,(H,17,18)(H2,15,16,19). The number of carbonyl (C=O) groups excluding carboxylic acids is 1. The maximum Gasteiger partial charge on any atom is 0.315 e. The first kappa shape index (κ1) is 18.7. The van der Waals surface area contributed by atoms with E-state index in [9.17, 15) is 14.7 Å². The van der Waals surface area contributed by atoms with Crippen LogP contribution in [0.4, 0.5) is 4.79 Å². The number of ether oxygens (including phenoxy) is 1. The van der Waals surface area contributed by atoms with Gasteiger partial charge in [0, 0.05) is 13.7 Å². The number of carboxylic acids is 1. The molecule has 118 valence electrons. The van der Waals surface area contributed by atoms with Crippen LogP contribution < -0.4 is 10.6 Å². The summed E-state index contributed by atoms with van der Waals surface area (Å²) in [6.07, 6.45) is 1.27. The van der Waals surface area contributed by atoms with Crippen molar-refractivity contribution in [2.45, 2.75) is 46.6 Å². The fourth-order valence-corrected chi connectivity index (χ4v) is 1.90. The molecule has 0 aliphatic heterocycles. The summed E-state index contributed by atoms with van der Waals surface area (Å²) >= 11 is 0. The Morgan fingerprint density at radius 3 is 2.30 bits per heavy atom. The molecular weight excluding hydrogens is 260 g/mol. The summed E-state index contributed by atoms with van der Waals surface area (Å²) in [5.41, 5.74) is -0.0940. The molecule has 0 radical (unpaired) electrons. The minimum Gasteiger partial charge on any atom is -0.481 e. The van der Waals surface area contributed by atoms with Gasteiger partial charge in [0.1, 0.15) is 0 Å². The molecule has 0 bridgehead atoms. The van der Waals surface area contributed by atoms with E-state index in [0.29, 0.717) is 13.0 Å². The van der Waals surface area contributed by atoms with Gasteiger partial charge in [-0.2, -0.15) is 0 Å². The number of carbonyl (C=O) groups is 2. The molecule has 2 atom stereocenters. The second-order valence-electron chi connectivity index (χ2n) is 6.21. The molecule has 0 spiro atoms. The molecule has 6 heteroatoms. The van der Waals surface area contributed by atoms with Gasteiger partial charge >= 0.3 is 12.0 Å². The Hall–Kier alpha value is -1.30. The molecule has 0 aliphatic carbocycles. The van der Waals surface area contributed by atoms with Gasteiger partial charge in [0.05, 0.1) is 18.6 Å². The summed E-state index contributed by atoms with van der Waals surface area (Å²) in [6.45, 7) is 8.46. The van der Waals surface area contributed by atoms with Crippen molar-refractivity contribution in [1.82, 2.24) is 10.6 Å². The third-order valence-corrected chi connectivity index (χ3v) is 2.91. The van der Waals surface area contributed by atoms with Crippen LogP contribution >= 0.6 is 0 Å². The molecule has 0 aromatic carbocycles. The number of carboxylic acid groups (broad SMARTS) is 1. The molecule has 2 amide bonds. The SMILES string of the molecule is CCC(COC)NC(=O)NCC(CC(C)(C)C)C(=O)O. The second-order valence-corrected chi connectivity index (χ2v) is 6.21.